The molecule has 1 aliphatic rings. The third kappa shape index (κ3) is 3.45. The van der Waals surface area contributed by atoms with Gasteiger partial charge in [-0.25, -0.2) is 14.5 Å². The van der Waals surface area contributed by atoms with Gasteiger partial charge in [-0.05, 0) is 12.8 Å². The lowest BCUT2D eigenvalue weighted by atomic mass is 9.82. The topological polar surface area (TPSA) is 112 Å². The standard InChI is InChI=1S/C23H25ClN10O/c1-23(2)6-5-8-33-15(23)10-16(31-33)29-22-30-21-19(32(22)4)17(24)13(11-27-21)35-14-12-28-34-9-7-26-20(25-3)18(14)34/h7,9-12H,5-6,8H2,1-4H3,(H,25,26)(H,27,29,30,31). The van der Waals surface area contributed by atoms with E-state index in [9.17, 15) is 0 Å². The van der Waals surface area contributed by atoms with Crippen LogP contribution in [0.1, 0.15) is 32.4 Å². The number of pyridine rings is 1. The zero-order chi connectivity index (χ0) is 24.3. The van der Waals surface area contributed by atoms with E-state index in [0.717, 1.165) is 25.2 Å². The fourth-order valence-electron chi connectivity index (χ4n) is 4.70. The highest BCUT2D eigenvalue weighted by Gasteiger charge is 2.29. The lowest BCUT2D eigenvalue weighted by Crippen LogP contribution is -2.27. The second kappa shape index (κ2) is 7.84. The van der Waals surface area contributed by atoms with E-state index in [4.69, 9.17) is 21.4 Å². The molecule has 0 atom stereocenters. The summed E-state index contributed by atoms with van der Waals surface area (Å²) in [6.45, 7) is 5.43. The van der Waals surface area contributed by atoms with Crippen molar-refractivity contribution in [3.05, 3.63) is 41.6 Å². The number of hydrogen-bond acceptors (Lipinski definition) is 8. The summed E-state index contributed by atoms with van der Waals surface area (Å²) >= 11 is 6.79. The molecule has 0 aliphatic carbocycles. The Labute approximate surface area is 206 Å². The van der Waals surface area contributed by atoms with Crippen LogP contribution < -0.4 is 15.4 Å². The fraction of sp³-hybridized carbons (Fsp3) is 0.348. The molecule has 1 aliphatic heterocycles. The Morgan fingerprint density at radius 2 is 2.00 bits per heavy atom. The number of anilines is 3. The van der Waals surface area contributed by atoms with Crippen LogP contribution in [0.2, 0.25) is 5.02 Å². The summed E-state index contributed by atoms with van der Waals surface area (Å²) in [5.74, 6) is 2.89. The highest BCUT2D eigenvalue weighted by molar-refractivity contribution is 6.36. The Balaban J connectivity index is 1.35. The Morgan fingerprint density at radius 3 is 2.80 bits per heavy atom. The number of hydrogen-bond donors (Lipinski definition) is 2. The molecule has 0 bridgehead atoms. The lowest BCUT2D eigenvalue weighted by Gasteiger charge is -2.30. The molecule has 0 spiro atoms. The molecule has 180 valence electrons. The SMILES string of the molecule is CNc1nccn2ncc(Oc3cnc4nc(Nc5cc6n(n5)CCCC6(C)C)n(C)c4c3Cl)c12. The number of aryl methyl sites for hydroxylation is 2. The fourth-order valence-corrected chi connectivity index (χ4v) is 4.99. The van der Waals surface area contributed by atoms with Crippen LogP contribution >= 0.6 is 11.6 Å². The number of fused-ring (bicyclic) bond motifs is 3. The normalized spacial score (nSPS) is 14.9. The van der Waals surface area contributed by atoms with Crippen LogP contribution in [-0.2, 0) is 19.0 Å². The van der Waals surface area contributed by atoms with Gasteiger partial charge < -0.3 is 19.9 Å². The van der Waals surface area contributed by atoms with Gasteiger partial charge in [-0.3, -0.25) is 4.68 Å². The van der Waals surface area contributed by atoms with E-state index in [1.54, 1.807) is 36.4 Å². The van der Waals surface area contributed by atoms with Crippen molar-refractivity contribution in [1.82, 2.24) is 38.9 Å². The van der Waals surface area contributed by atoms with Crippen LogP contribution in [-0.4, -0.2) is 46.0 Å². The summed E-state index contributed by atoms with van der Waals surface area (Å²) in [7, 11) is 3.68. The van der Waals surface area contributed by atoms with Crippen molar-refractivity contribution >= 4 is 45.9 Å². The van der Waals surface area contributed by atoms with Crippen molar-refractivity contribution in [3.8, 4) is 11.5 Å². The van der Waals surface area contributed by atoms with Gasteiger partial charge in [-0.2, -0.15) is 15.2 Å². The van der Waals surface area contributed by atoms with Crippen LogP contribution in [0.4, 0.5) is 17.6 Å². The first kappa shape index (κ1) is 21.7. The summed E-state index contributed by atoms with van der Waals surface area (Å²) in [4.78, 5) is 13.5. The number of imidazole rings is 1. The molecule has 0 radical (unpaired) electrons. The van der Waals surface area contributed by atoms with Crippen molar-refractivity contribution in [2.24, 2.45) is 7.05 Å². The number of nitrogens with zero attached hydrogens (tertiary/aromatic N) is 8. The molecule has 0 saturated carbocycles. The van der Waals surface area contributed by atoms with E-state index in [1.165, 1.54) is 5.69 Å². The summed E-state index contributed by atoms with van der Waals surface area (Å²) in [6, 6.07) is 2.10. The first-order chi connectivity index (χ1) is 16.9. The smallest absolute Gasteiger partial charge is 0.210 e. The molecular weight excluding hydrogens is 468 g/mol. The van der Waals surface area contributed by atoms with Gasteiger partial charge in [0.1, 0.15) is 10.5 Å². The Bertz CT molecular complexity index is 1580. The van der Waals surface area contributed by atoms with E-state index in [2.05, 4.69) is 55.3 Å². The predicted octanol–water partition coefficient (Wildman–Crippen LogP) is 4.51. The Hall–Kier alpha value is -3.86. The monoisotopic (exact) mass is 492 g/mol. The highest BCUT2D eigenvalue weighted by atomic mass is 35.5. The van der Waals surface area contributed by atoms with Crippen LogP contribution in [0.25, 0.3) is 16.7 Å². The molecule has 6 heterocycles. The second-order valence-electron chi connectivity index (χ2n) is 9.28. The van der Waals surface area contributed by atoms with Crippen LogP contribution in [0.5, 0.6) is 11.5 Å². The third-order valence-electron chi connectivity index (χ3n) is 6.54. The first-order valence-electron chi connectivity index (χ1n) is 11.4. The minimum atomic E-state index is 0.0927. The van der Waals surface area contributed by atoms with Crippen LogP contribution in [0.3, 0.4) is 0 Å². The maximum atomic E-state index is 6.79. The van der Waals surface area contributed by atoms with E-state index in [0.29, 0.717) is 45.0 Å². The van der Waals surface area contributed by atoms with Gasteiger partial charge in [0.25, 0.3) is 0 Å². The van der Waals surface area contributed by atoms with Gasteiger partial charge in [0.05, 0.1) is 12.4 Å². The van der Waals surface area contributed by atoms with Gasteiger partial charge in [0, 0.05) is 50.2 Å². The zero-order valence-electron chi connectivity index (χ0n) is 19.9. The minimum Gasteiger partial charge on any atom is -0.450 e. The summed E-state index contributed by atoms with van der Waals surface area (Å²) in [5.41, 5.74) is 3.18. The van der Waals surface area contributed by atoms with Crippen LogP contribution in [0.15, 0.2) is 30.9 Å². The summed E-state index contributed by atoms with van der Waals surface area (Å²) < 4.78 is 11.8. The van der Waals surface area contributed by atoms with Crippen molar-refractivity contribution in [2.75, 3.05) is 17.7 Å². The average Bonchev–Trinajstić information content (AvgIpc) is 3.52. The molecule has 0 aromatic carbocycles. The number of ether oxygens (including phenoxy) is 1. The van der Waals surface area contributed by atoms with E-state index >= 15 is 0 Å². The first-order valence-corrected chi connectivity index (χ1v) is 11.8. The molecular formula is C23H25ClN10O. The molecule has 0 unspecified atom stereocenters. The van der Waals surface area contributed by atoms with E-state index in [1.807, 2.05) is 11.6 Å². The molecule has 12 heteroatoms. The average molecular weight is 493 g/mol. The van der Waals surface area contributed by atoms with Gasteiger partial charge in [0.2, 0.25) is 5.95 Å². The summed E-state index contributed by atoms with van der Waals surface area (Å²) in [5, 5.41) is 15.9. The highest BCUT2D eigenvalue weighted by Crippen LogP contribution is 2.38. The van der Waals surface area contributed by atoms with E-state index < -0.39 is 0 Å². The summed E-state index contributed by atoms with van der Waals surface area (Å²) in [6.07, 6.45) is 8.87. The number of halogens is 1. The van der Waals surface area contributed by atoms with E-state index in [-0.39, 0.29) is 5.41 Å². The molecule has 5 aromatic rings. The van der Waals surface area contributed by atoms with Crippen molar-refractivity contribution < 1.29 is 4.74 Å². The zero-order valence-corrected chi connectivity index (χ0v) is 20.6. The maximum Gasteiger partial charge on any atom is 0.210 e. The quantitative estimate of drug-likeness (QED) is 0.368. The molecule has 0 amide bonds. The van der Waals surface area contributed by atoms with Crippen LogP contribution in [0, 0.1) is 0 Å². The van der Waals surface area contributed by atoms with Gasteiger partial charge in [-0.1, -0.05) is 25.4 Å². The van der Waals surface area contributed by atoms with Gasteiger partial charge in [0.15, 0.2) is 34.3 Å². The molecule has 0 saturated heterocycles. The van der Waals surface area contributed by atoms with Gasteiger partial charge >= 0.3 is 0 Å². The van der Waals surface area contributed by atoms with Crippen molar-refractivity contribution in [1.29, 1.82) is 0 Å². The number of rotatable bonds is 5. The second-order valence-corrected chi connectivity index (χ2v) is 9.66. The largest absolute Gasteiger partial charge is 0.450 e. The molecule has 5 aromatic heterocycles. The lowest BCUT2D eigenvalue weighted by molar-refractivity contribution is 0.344. The number of aromatic nitrogens is 8. The predicted molar refractivity (Wildman–Crippen MR) is 134 cm³/mol. The minimum absolute atomic E-state index is 0.0927. The Kier molecular flexibility index (Phi) is 4.85. The van der Waals surface area contributed by atoms with Crippen molar-refractivity contribution in [3.63, 3.8) is 0 Å². The molecule has 35 heavy (non-hydrogen) atoms. The molecule has 0 fully saturated rings. The Morgan fingerprint density at radius 1 is 1.14 bits per heavy atom. The molecule has 6 rings (SSSR count). The molecule has 2 N–H and O–H groups in total. The van der Waals surface area contributed by atoms with Gasteiger partial charge in [-0.15, -0.1) is 0 Å². The van der Waals surface area contributed by atoms with Crippen molar-refractivity contribution in [2.45, 2.75) is 38.6 Å². The molecule has 11 nitrogen and oxygen atoms in total. The third-order valence-corrected chi connectivity index (χ3v) is 6.91. The number of nitrogens with one attached hydrogen (secondary N) is 2. The maximum absolute atomic E-state index is 6.79.